The van der Waals surface area contributed by atoms with Gasteiger partial charge in [-0.05, 0) is 43.3 Å². The maximum absolute atomic E-state index is 4.26. The molecule has 1 atom stereocenters. The van der Waals surface area contributed by atoms with E-state index in [9.17, 15) is 0 Å². The average Bonchev–Trinajstić information content (AvgIpc) is 3.07. The first-order chi connectivity index (χ1) is 12.5. The summed E-state index contributed by atoms with van der Waals surface area (Å²) in [5.74, 6) is 0. The van der Waals surface area contributed by atoms with Crippen molar-refractivity contribution < 1.29 is 0 Å². The number of hydrogen-bond donors (Lipinski definition) is 1. The first-order valence-corrected chi connectivity index (χ1v) is 9.07. The number of aromatic nitrogens is 2. The Balaban J connectivity index is 1.73. The average molecular weight is 348 g/mol. The van der Waals surface area contributed by atoms with Gasteiger partial charge in [-0.25, -0.2) is 0 Å². The van der Waals surface area contributed by atoms with E-state index >= 15 is 0 Å². The minimum Gasteiger partial charge on any atom is -0.306 e. The fourth-order valence-corrected chi connectivity index (χ4v) is 3.16. The molecule has 3 rings (SSSR count). The van der Waals surface area contributed by atoms with Gasteiger partial charge in [-0.3, -0.25) is 4.68 Å². The smallest absolute Gasteiger partial charge is 0.0537 e. The third-order valence-electron chi connectivity index (χ3n) is 4.60. The molecule has 1 heterocycles. The van der Waals surface area contributed by atoms with E-state index in [0.29, 0.717) is 0 Å². The predicted octanol–water partition coefficient (Wildman–Crippen LogP) is 4.00. The van der Waals surface area contributed by atoms with E-state index in [1.54, 1.807) is 0 Å². The van der Waals surface area contributed by atoms with Gasteiger partial charge in [-0.1, -0.05) is 48.5 Å². The maximum atomic E-state index is 4.26. The minimum atomic E-state index is 0.263. The molecular weight excluding hydrogens is 320 g/mol. The second kappa shape index (κ2) is 8.30. The van der Waals surface area contributed by atoms with Gasteiger partial charge in [-0.15, -0.1) is 0 Å². The number of rotatable bonds is 7. The fourth-order valence-electron chi connectivity index (χ4n) is 3.16. The zero-order valence-corrected chi connectivity index (χ0v) is 16.1. The molecule has 0 saturated carbocycles. The summed E-state index contributed by atoms with van der Waals surface area (Å²) in [5.41, 5.74) is 6.40. The SMILES string of the molecule is C[C@H](NCc1ccccc1-c1ccc(CN(C)C)cc1)c1cnn(C)c1. The normalized spacial score (nSPS) is 12.5. The Morgan fingerprint density at radius 1 is 1.08 bits per heavy atom. The Hall–Kier alpha value is -2.43. The Labute approximate surface area is 156 Å². The third-order valence-corrected chi connectivity index (χ3v) is 4.60. The molecule has 4 nitrogen and oxygen atoms in total. The monoisotopic (exact) mass is 348 g/mol. The molecule has 0 fully saturated rings. The molecule has 1 aromatic heterocycles. The van der Waals surface area contributed by atoms with Crippen LogP contribution in [-0.4, -0.2) is 28.8 Å². The molecule has 136 valence electrons. The van der Waals surface area contributed by atoms with Crippen LogP contribution < -0.4 is 5.32 Å². The van der Waals surface area contributed by atoms with Crippen molar-refractivity contribution in [1.29, 1.82) is 0 Å². The summed E-state index contributed by atoms with van der Waals surface area (Å²) < 4.78 is 1.84. The summed E-state index contributed by atoms with van der Waals surface area (Å²) in [6.07, 6.45) is 3.99. The first kappa shape index (κ1) is 18.4. The van der Waals surface area contributed by atoms with E-state index in [4.69, 9.17) is 0 Å². The van der Waals surface area contributed by atoms with Crippen LogP contribution in [0, 0.1) is 0 Å². The molecular formula is C22H28N4. The quantitative estimate of drug-likeness (QED) is 0.700. The van der Waals surface area contributed by atoms with E-state index in [1.165, 1.54) is 27.8 Å². The lowest BCUT2D eigenvalue weighted by molar-refractivity contribution is 0.402. The van der Waals surface area contributed by atoms with Crippen LogP contribution in [0.3, 0.4) is 0 Å². The van der Waals surface area contributed by atoms with E-state index in [-0.39, 0.29) is 6.04 Å². The van der Waals surface area contributed by atoms with E-state index in [2.05, 4.69) is 91.1 Å². The van der Waals surface area contributed by atoms with Crippen molar-refractivity contribution in [1.82, 2.24) is 20.0 Å². The highest BCUT2D eigenvalue weighted by Gasteiger charge is 2.09. The molecule has 0 aliphatic heterocycles. The van der Waals surface area contributed by atoms with E-state index < -0.39 is 0 Å². The largest absolute Gasteiger partial charge is 0.306 e. The standard InChI is InChI=1S/C22H28N4/c1-17(21-14-24-26(4)16-21)23-13-20-7-5-6-8-22(20)19-11-9-18(10-12-19)15-25(2)3/h5-12,14,16-17,23H,13,15H2,1-4H3/t17-/m0/s1. The van der Waals surface area contributed by atoms with Crippen LogP contribution in [0.2, 0.25) is 0 Å². The molecule has 0 spiro atoms. The molecule has 0 unspecified atom stereocenters. The number of benzene rings is 2. The molecule has 26 heavy (non-hydrogen) atoms. The fraction of sp³-hybridized carbons (Fsp3) is 0.318. The maximum Gasteiger partial charge on any atom is 0.0537 e. The highest BCUT2D eigenvalue weighted by molar-refractivity contribution is 5.67. The summed E-state index contributed by atoms with van der Waals surface area (Å²) in [4.78, 5) is 2.19. The Kier molecular flexibility index (Phi) is 5.86. The van der Waals surface area contributed by atoms with Crippen LogP contribution in [0.15, 0.2) is 60.9 Å². The van der Waals surface area contributed by atoms with Gasteiger partial charge in [0.2, 0.25) is 0 Å². The van der Waals surface area contributed by atoms with Crippen LogP contribution >= 0.6 is 0 Å². The molecule has 0 amide bonds. The predicted molar refractivity (Wildman–Crippen MR) is 108 cm³/mol. The lowest BCUT2D eigenvalue weighted by Gasteiger charge is -2.15. The molecule has 1 N–H and O–H groups in total. The molecule has 0 aliphatic rings. The van der Waals surface area contributed by atoms with Crippen LogP contribution in [0.4, 0.5) is 0 Å². The van der Waals surface area contributed by atoms with Crippen molar-refractivity contribution in [3.05, 3.63) is 77.6 Å². The number of nitrogens with zero attached hydrogens (tertiary/aromatic N) is 3. The first-order valence-electron chi connectivity index (χ1n) is 9.07. The summed E-state index contributed by atoms with van der Waals surface area (Å²) in [6.45, 7) is 3.97. The molecule has 4 heteroatoms. The van der Waals surface area contributed by atoms with Gasteiger partial charge < -0.3 is 10.2 Å². The number of aryl methyl sites for hydroxylation is 1. The summed E-state index contributed by atoms with van der Waals surface area (Å²) in [7, 11) is 6.14. The molecule has 2 aromatic carbocycles. The van der Waals surface area contributed by atoms with Gasteiger partial charge >= 0.3 is 0 Å². The summed E-state index contributed by atoms with van der Waals surface area (Å²) in [6, 6.07) is 17.8. The molecule has 0 bridgehead atoms. The van der Waals surface area contributed by atoms with E-state index in [0.717, 1.165) is 13.1 Å². The Morgan fingerprint density at radius 2 is 1.81 bits per heavy atom. The second-order valence-electron chi connectivity index (χ2n) is 7.14. The van der Waals surface area contributed by atoms with Gasteiger partial charge in [0.1, 0.15) is 0 Å². The van der Waals surface area contributed by atoms with E-state index in [1.807, 2.05) is 17.9 Å². The van der Waals surface area contributed by atoms with Crippen molar-refractivity contribution in [3.63, 3.8) is 0 Å². The summed E-state index contributed by atoms with van der Waals surface area (Å²) in [5, 5.41) is 7.88. The highest BCUT2D eigenvalue weighted by Crippen LogP contribution is 2.25. The number of hydrogen-bond acceptors (Lipinski definition) is 3. The van der Waals surface area contributed by atoms with Crippen molar-refractivity contribution >= 4 is 0 Å². The topological polar surface area (TPSA) is 33.1 Å². The number of nitrogens with one attached hydrogen (secondary N) is 1. The lowest BCUT2D eigenvalue weighted by Crippen LogP contribution is -2.18. The second-order valence-corrected chi connectivity index (χ2v) is 7.14. The molecule has 0 saturated heterocycles. The van der Waals surface area contributed by atoms with Crippen molar-refractivity contribution in [2.75, 3.05) is 14.1 Å². The third kappa shape index (κ3) is 4.59. The Morgan fingerprint density at radius 3 is 2.46 bits per heavy atom. The zero-order valence-electron chi connectivity index (χ0n) is 16.1. The zero-order chi connectivity index (χ0) is 18.5. The molecule has 3 aromatic rings. The molecule has 0 aliphatic carbocycles. The van der Waals surface area contributed by atoms with Crippen LogP contribution in [-0.2, 0) is 20.1 Å². The van der Waals surface area contributed by atoms with Crippen molar-refractivity contribution in [2.45, 2.75) is 26.1 Å². The van der Waals surface area contributed by atoms with Gasteiger partial charge in [-0.2, -0.15) is 5.10 Å². The van der Waals surface area contributed by atoms with Gasteiger partial charge in [0.15, 0.2) is 0 Å². The van der Waals surface area contributed by atoms with Crippen LogP contribution in [0.5, 0.6) is 0 Å². The summed E-state index contributed by atoms with van der Waals surface area (Å²) >= 11 is 0. The Bertz CT molecular complexity index is 833. The highest BCUT2D eigenvalue weighted by atomic mass is 15.2. The molecule has 0 radical (unpaired) electrons. The van der Waals surface area contributed by atoms with Crippen LogP contribution in [0.25, 0.3) is 11.1 Å². The van der Waals surface area contributed by atoms with Crippen molar-refractivity contribution in [3.8, 4) is 11.1 Å². The lowest BCUT2D eigenvalue weighted by atomic mass is 9.98. The van der Waals surface area contributed by atoms with Crippen LogP contribution in [0.1, 0.15) is 29.7 Å². The minimum absolute atomic E-state index is 0.263. The van der Waals surface area contributed by atoms with Gasteiger partial charge in [0.25, 0.3) is 0 Å². The van der Waals surface area contributed by atoms with Gasteiger partial charge in [0, 0.05) is 37.9 Å². The van der Waals surface area contributed by atoms with Gasteiger partial charge in [0.05, 0.1) is 6.20 Å². The van der Waals surface area contributed by atoms with Crippen molar-refractivity contribution in [2.24, 2.45) is 7.05 Å².